The first-order valence-corrected chi connectivity index (χ1v) is 7.96. The maximum absolute atomic E-state index is 12.4. The summed E-state index contributed by atoms with van der Waals surface area (Å²) in [4.78, 5) is 16.9. The number of nitrogens with one attached hydrogen (secondary N) is 2. The standard InChI is InChI=1S/C16H19ClN4O2/c1-16(2,20-13(22)10-4-3-5-12(17)8-10)15-19-14(23-21-15)11-6-7-18-9-11/h3-5,8,11,18H,6-7,9H2,1-2H3,(H,20,22)/t11-/m0/s1. The lowest BCUT2D eigenvalue weighted by Gasteiger charge is -2.22. The van der Waals surface area contributed by atoms with Gasteiger partial charge in [0.1, 0.15) is 0 Å². The van der Waals surface area contributed by atoms with E-state index in [4.69, 9.17) is 16.1 Å². The van der Waals surface area contributed by atoms with E-state index in [1.54, 1.807) is 24.3 Å². The molecule has 2 N–H and O–H groups in total. The molecule has 0 radical (unpaired) electrons. The average molecular weight is 335 g/mol. The lowest BCUT2D eigenvalue weighted by Crippen LogP contribution is -2.41. The minimum absolute atomic E-state index is 0.230. The van der Waals surface area contributed by atoms with Crippen LogP contribution in [0.1, 0.15) is 48.3 Å². The molecule has 7 heteroatoms. The largest absolute Gasteiger partial charge is 0.340 e. The number of amides is 1. The zero-order valence-electron chi connectivity index (χ0n) is 13.1. The van der Waals surface area contributed by atoms with Gasteiger partial charge in [0, 0.05) is 17.1 Å². The zero-order chi connectivity index (χ0) is 16.4. The molecule has 2 aromatic rings. The van der Waals surface area contributed by atoms with Crippen LogP contribution >= 0.6 is 11.6 Å². The smallest absolute Gasteiger partial charge is 0.252 e. The molecule has 1 amide bonds. The second kappa shape index (κ2) is 6.29. The molecule has 23 heavy (non-hydrogen) atoms. The SMILES string of the molecule is CC(C)(NC(=O)c1cccc(Cl)c1)c1noc([C@H]2CCNC2)n1. The van der Waals surface area contributed by atoms with Crippen molar-refractivity contribution in [2.45, 2.75) is 31.7 Å². The molecule has 1 fully saturated rings. The van der Waals surface area contributed by atoms with Crippen molar-refractivity contribution in [3.63, 3.8) is 0 Å². The Morgan fingerprint density at radius 3 is 3.00 bits per heavy atom. The monoisotopic (exact) mass is 334 g/mol. The van der Waals surface area contributed by atoms with Gasteiger partial charge in [-0.3, -0.25) is 4.79 Å². The molecule has 0 unspecified atom stereocenters. The lowest BCUT2D eigenvalue weighted by atomic mass is 10.0. The highest BCUT2D eigenvalue weighted by atomic mass is 35.5. The Labute approximate surface area is 139 Å². The van der Waals surface area contributed by atoms with Crippen LogP contribution in [0.3, 0.4) is 0 Å². The fourth-order valence-corrected chi connectivity index (χ4v) is 2.75. The predicted molar refractivity (Wildman–Crippen MR) is 86.5 cm³/mol. The van der Waals surface area contributed by atoms with Gasteiger partial charge in [-0.1, -0.05) is 22.8 Å². The van der Waals surface area contributed by atoms with E-state index < -0.39 is 5.54 Å². The number of aromatic nitrogens is 2. The van der Waals surface area contributed by atoms with Gasteiger partial charge in [-0.25, -0.2) is 0 Å². The van der Waals surface area contributed by atoms with Crippen LogP contribution in [0.2, 0.25) is 5.02 Å². The van der Waals surface area contributed by atoms with Crippen molar-refractivity contribution in [1.29, 1.82) is 0 Å². The summed E-state index contributed by atoms with van der Waals surface area (Å²) < 4.78 is 5.37. The van der Waals surface area contributed by atoms with E-state index in [-0.39, 0.29) is 11.8 Å². The highest BCUT2D eigenvalue weighted by Crippen LogP contribution is 2.24. The molecule has 0 spiro atoms. The van der Waals surface area contributed by atoms with Crippen molar-refractivity contribution < 1.29 is 9.32 Å². The van der Waals surface area contributed by atoms with Gasteiger partial charge in [0.25, 0.3) is 5.91 Å². The van der Waals surface area contributed by atoms with Gasteiger partial charge in [0.15, 0.2) is 5.82 Å². The highest BCUT2D eigenvalue weighted by molar-refractivity contribution is 6.30. The fourth-order valence-electron chi connectivity index (χ4n) is 2.56. The van der Waals surface area contributed by atoms with Crippen LogP contribution < -0.4 is 10.6 Å². The number of benzene rings is 1. The Hall–Kier alpha value is -1.92. The van der Waals surface area contributed by atoms with Crippen molar-refractivity contribution >= 4 is 17.5 Å². The van der Waals surface area contributed by atoms with E-state index in [2.05, 4.69) is 20.8 Å². The molecule has 0 saturated carbocycles. The molecule has 1 atom stereocenters. The Morgan fingerprint density at radius 1 is 1.48 bits per heavy atom. The summed E-state index contributed by atoms with van der Waals surface area (Å²) in [6.45, 7) is 5.49. The minimum Gasteiger partial charge on any atom is -0.340 e. The predicted octanol–water partition coefficient (Wildman–Crippen LogP) is 2.46. The van der Waals surface area contributed by atoms with Crippen molar-refractivity contribution in [3.05, 3.63) is 46.6 Å². The van der Waals surface area contributed by atoms with E-state index in [0.29, 0.717) is 22.3 Å². The molecule has 6 nitrogen and oxygen atoms in total. The maximum Gasteiger partial charge on any atom is 0.252 e. The summed E-state index contributed by atoms with van der Waals surface area (Å²) >= 11 is 5.93. The van der Waals surface area contributed by atoms with Crippen molar-refractivity contribution in [2.75, 3.05) is 13.1 Å². The zero-order valence-corrected chi connectivity index (χ0v) is 13.9. The third-order valence-corrected chi connectivity index (χ3v) is 4.16. The van der Waals surface area contributed by atoms with Gasteiger partial charge < -0.3 is 15.2 Å². The molecular formula is C16H19ClN4O2. The first-order valence-electron chi connectivity index (χ1n) is 7.58. The number of carbonyl (C=O) groups excluding carboxylic acids is 1. The van der Waals surface area contributed by atoms with Gasteiger partial charge in [-0.2, -0.15) is 4.98 Å². The summed E-state index contributed by atoms with van der Waals surface area (Å²) in [6.07, 6.45) is 0.983. The topological polar surface area (TPSA) is 80.0 Å². The number of carbonyl (C=O) groups is 1. The molecule has 0 aliphatic carbocycles. The van der Waals surface area contributed by atoms with Crippen LogP contribution in [0.5, 0.6) is 0 Å². The van der Waals surface area contributed by atoms with Gasteiger partial charge in [-0.15, -0.1) is 0 Å². The Bertz CT molecular complexity index is 708. The molecule has 1 aliphatic rings. The van der Waals surface area contributed by atoms with E-state index >= 15 is 0 Å². The van der Waals surface area contributed by atoms with Crippen LogP contribution in [-0.2, 0) is 5.54 Å². The van der Waals surface area contributed by atoms with Gasteiger partial charge in [-0.05, 0) is 45.0 Å². The number of hydrogen-bond acceptors (Lipinski definition) is 5. The molecule has 2 heterocycles. The third kappa shape index (κ3) is 3.54. The van der Waals surface area contributed by atoms with Crippen LogP contribution in [0.4, 0.5) is 0 Å². The molecular weight excluding hydrogens is 316 g/mol. The molecule has 1 aromatic heterocycles. The second-order valence-corrected chi connectivity index (χ2v) is 6.67. The van der Waals surface area contributed by atoms with Crippen molar-refractivity contribution in [1.82, 2.24) is 20.8 Å². The van der Waals surface area contributed by atoms with Crippen LogP contribution in [0, 0.1) is 0 Å². The summed E-state index contributed by atoms with van der Waals surface area (Å²) in [5.41, 5.74) is -0.248. The summed E-state index contributed by atoms with van der Waals surface area (Å²) in [5, 5.41) is 10.8. The average Bonchev–Trinajstić information content (AvgIpc) is 3.18. The number of hydrogen-bond donors (Lipinski definition) is 2. The normalized spacial score (nSPS) is 18.1. The third-order valence-electron chi connectivity index (χ3n) is 3.92. The minimum atomic E-state index is -0.743. The number of halogens is 1. The maximum atomic E-state index is 12.4. The van der Waals surface area contributed by atoms with E-state index in [1.165, 1.54) is 0 Å². The molecule has 1 aromatic carbocycles. The summed E-state index contributed by atoms with van der Waals surface area (Å²) in [7, 11) is 0. The van der Waals surface area contributed by atoms with E-state index in [9.17, 15) is 4.79 Å². The van der Waals surface area contributed by atoms with E-state index in [0.717, 1.165) is 19.5 Å². The van der Waals surface area contributed by atoms with Crippen molar-refractivity contribution in [2.24, 2.45) is 0 Å². The molecule has 122 valence electrons. The molecule has 0 bridgehead atoms. The number of nitrogens with zero attached hydrogens (tertiary/aromatic N) is 2. The van der Waals surface area contributed by atoms with Crippen LogP contribution in [0.15, 0.2) is 28.8 Å². The fraction of sp³-hybridized carbons (Fsp3) is 0.438. The van der Waals surface area contributed by atoms with Gasteiger partial charge in [0.2, 0.25) is 5.89 Å². The summed E-state index contributed by atoms with van der Waals surface area (Å²) in [6, 6.07) is 6.80. The lowest BCUT2D eigenvalue weighted by molar-refractivity contribution is 0.0907. The quantitative estimate of drug-likeness (QED) is 0.897. The number of rotatable bonds is 4. The molecule has 1 saturated heterocycles. The Morgan fingerprint density at radius 2 is 2.30 bits per heavy atom. The van der Waals surface area contributed by atoms with Crippen molar-refractivity contribution in [3.8, 4) is 0 Å². The molecule has 3 rings (SSSR count). The second-order valence-electron chi connectivity index (χ2n) is 6.24. The van der Waals surface area contributed by atoms with Gasteiger partial charge in [0.05, 0.1) is 11.5 Å². The Balaban J connectivity index is 1.74. The first kappa shape index (κ1) is 16.0. The highest BCUT2D eigenvalue weighted by Gasteiger charge is 2.31. The summed E-state index contributed by atoms with van der Waals surface area (Å²) in [5.74, 6) is 1.10. The van der Waals surface area contributed by atoms with E-state index in [1.807, 2.05) is 13.8 Å². The Kier molecular flexibility index (Phi) is 4.37. The van der Waals surface area contributed by atoms with Crippen LogP contribution in [0.25, 0.3) is 0 Å². The van der Waals surface area contributed by atoms with Gasteiger partial charge >= 0.3 is 0 Å². The molecule has 1 aliphatic heterocycles. The first-order chi connectivity index (χ1) is 11.0. The van der Waals surface area contributed by atoms with Crippen LogP contribution in [-0.4, -0.2) is 29.1 Å².